The van der Waals surface area contributed by atoms with Gasteiger partial charge in [0, 0.05) is 6.61 Å². The van der Waals surface area contributed by atoms with Gasteiger partial charge in [-0.2, -0.15) is 0 Å². The number of hydrogen-bond donors (Lipinski definition) is 0. The zero-order chi connectivity index (χ0) is 27.2. The summed E-state index contributed by atoms with van der Waals surface area (Å²) in [7, 11) is 0. The van der Waals surface area contributed by atoms with Crippen molar-refractivity contribution in [1.82, 2.24) is 0 Å². The Morgan fingerprint density at radius 3 is 1.11 bits per heavy atom. The number of ether oxygens (including phenoxy) is 3. The molecule has 0 saturated carbocycles. The lowest BCUT2D eigenvalue weighted by molar-refractivity contribution is -0.228. The van der Waals surface area contributed by atoms with Gasteiger partial charge >= 0.3 is 0 Å². The second kappa shape index (κ2) is 29.9. The Hall–Kier alpha value is -0.120. The highest BCUT2D eigenvalue weighted by atomic mass is 16.7. The molecule has 0 aliphatic carbocycles. The third-order valence-electron chi connectivity index (χ3n) is 8.33. The first-order valence-corrected chi connectivity index (χ1v) is 17.7. The fraction of sp³-hybridized carbons (Fsp3) is 1.00. The van der Waals surface area contributed by atoms with E-state index in [1.807, 2.05) is 0 Å². The minimum atomic E-state index is 0.00335. The van der Waals surface area contributed by atoms with E-state index < -0.39 is 0 Å². The highest BCUT2D eigenvalue weighted by Gasteiger charge is 2.22. The summed E-state index contributed by atoms with van der Waals surface area (Å²) < 4.78 is 17.9. The standard InChI is InChI=1S/C35H70O3/c1-3-5-7-9-11-13-15-17-19-21-23-25-27-29-31-36-34-32-37-35(38-33-34)30-28-26-24-22-20-18-16-14-12-10-8-6-4-2/h34-35H,3-33H2,1-2H3. The zero-order valence-electron chi connectivity index (χ0n) is 26.3. The van der Waals surface area contributed by atoms with E-state index in [0.29, 0.717) is 13.2 Å². The molecule has 1 aliphatic heterocycles. The van der Waals surface area contributed by atoms with Crippen molar-refractivity contribution in [2.75, 3.05) is 19.8 Å². The van der Waals surface area contributed by atoms with E-state index in [9.17, 15) is 0 Å². The van der Waals surface area contributed by atoms with Gasteiger partial charge in [0.25, 0.3) is 0 Å². The van der Waals surface area contributed by atoms with Gasteiger partial charge in [-0.1, -0.05) is 174 Å². The van der Waals surface area contributed by atoms with Gasteiger partial charge in [-0.15, -0.1) is 0 Å². The lowest BCUT2D eigenvalue weighted by atomic mass is 10.0. The van der Waals surface area contributed by atoms with Crippen molar-refractivity contribution in [3.63, 3.8) is 0 Å². The van der Waals surface area contributed by atoms with Crippen molar-refractivity contribution in [1.29, 1.82) is 0 Å². The second-order valence-corrected chi connectivity index (χ2v) is 12.2. The molecule has 3 heteroatoms. The van der Waals surface area contributed by atoms with Gasteiger partial charge in [0.2, 0.25) is 0 Å². The van der Waals surface area contributed by atoms with Crippen LogP contribution in [0.25, 0.3) is 0 Å². The van der Waals surface area contributed by atoms with Crippen LogP contribution in [0.5, 0.6) is 0 Å². The summed E-state index contributed by atoms with van der Waals surface area (Å²) in [4.78, 5) is 0. The van der Waals surface area contributed by atoms with Crippen LogP contribution < -0.4 is 0 Å². The van der Waals surface area contributed by atoms with Gasteiger partial charge in [-0.25, -0.2) is 0 Å². The van der Waals surface area contributed by atoms with Gasteiger partial charge in [-0.05, 0) is 19.3 Å². The molecule has 0 N–H and O–H groups in total. The lowest BCUT2D eigenvalue weighted by Gasteiger charge is -2.29. The SMILES string of the molecule is CCCCCCCCCCCCCCCCOC1COC(CCCCCCCCCCCCCCC)OC1. The van der Waals surface area contributed by atoms with E-state index in [-0.39, 0.29) is 12.4 Å². The molecule has 228 valence electrons. The quantitative estimate of drug-likeness (QED) is 0.0851. The van der Waals surface area contributed by atoms with Gasteiger partial charge in [0.05, 0.1) is 13.2 Å². The fourth-order valence-electron chi connectivity index (χ4n) is 5.66. The average Bonchev–Trinajstić information content (AvgIpc) is 2.94. The molecular weight excluding hydrogens is 468 g/mol. The first-order valence-electron chi connectivity index (χ1n) is 17.7. The zero-order valence-corrected chi connectivity index (χ0v) is 26.3. The van der Waals surface area contributed by atoms with Crippen LogP contribution in [0, 0.1) is 0 Å². The Kier molecular flexibility index (Phi) is 28.2. The highest BCUT2D eigenvalue weighted by molar-refractivity contribution is 4.63. The van der Waals surface area contributed by atoms with E-state index in [0.717, 1.165) is 13.0 Å². The van der Waals surface area contributed by atoms with Crippen LogP contribution in [0.3, 0.4) is 0 Å². The predicted octanol–water partition coefficient (Wildman–Crippen LogP) is 11.7. The number of hydrogen-bond acceptors (Lipinski definition) is 3. The highest BCUT2D eigenvalue weighted by Crippen LogP contribution is 2.18. The van der Waals surface area contributed by atoms with Gasteiger partial charge in [0.1, 0.15) is 6.10 Å². The average molecular weight is 539 g/mol. The minimum absolute atomic E-state index is 0.00335. The molecule has 38 heavy (non-hydrogen) atoms. The first kappa shape index (κ1) is 35.9. The van der Waals surface area contributed by atoms with E-state index in [4.69, 9.17) is 14.2 Å². The second-order valence-electron chi connectivity index (χ2n) is 12.2. The van der Waals surface area contributed by atoms with Gasteiger partial charge < -0.3 is 14.2 Å². The van der Waals surface area contributed by atoms with Crippen molar-refractivity contribution in [3.8, 4) is 0 Å². The minimum Gasteiger partial charge on any atom is -0.373 e. The molecule has 3 nitrogen and oxygen atoms in total. The Morgan fingerprint density at radius 2 is 0.737 bits per heavy atom. The monoisotopic (exact) mass is 539 g/mol. The first-order chi connectivity index (χ1) is 18.9. The largest absolute Gasteiger partial charge is 0.373 e. The molecule has 0 radical (unpaired) electrons. The van der Waals surface area contributed by atoms with E-state index in [1.54, 1.807) is 0 Å². The number of unbranched alkanes of at least 4 members (excludes halogenated alkanes) is 25. The Labute approximate surface area is 239 Å². The van der Waals surface area contributed by atoms with Crippen molar-refractivity contribution in [3.05, 3.63) is 0 Å². The van der Waals surface area contributed by atoms with Crippen molar-refractivity contribution in [2.24, 2.45) is 0 Å². The van der Waals surface area contributed by atoms with Crippen LogP contribution in [0.4, 0.5) is 0 Å². The molecule has 0 amide bonds. The summed E-state index contributed by atoms with van der Waals surface area (Å²) >= 11 is 0. The van der Waals surface area contributed by atoms with E-state index >= 15 is 0 Å². The molecule has 1 rings (SSSR count). The molecule has 0 aromatic carbocycles. The summed E-state index contributed by atoms with van der Waals surface area (Å²) in [5.74, 6) is 0. The maximum Gasteiger partial charge on any atom is 0.157 e. The van der Waals surface area contributed by atoms with Crippen molar-refractivity contribution >= 4 is 0 Å². The summed E-state index contributed by atoms with van der Waals surface area (Å²) in [5.41, 5.74) is 0. The molecule has 1 saturated heterocycles. The molecule has 1 heterocycles. The summed E-state index contributed by atoms with van der Waals surface area (Å²) in [5, 5.41) is 0. The molecule has 0 atom stereocenters. The van der Waals surface area contributed by atoms with Crippen molar-refractivity contribution in [2.45, 2.75) is 206 Å². The maximum absolute atomic E-state index is 6.01. The summed E-state index contributed by atoms with van der Waals surface area (Å²) in [6.07, 6.45) is 38.9. The molecule has 0 aromatic rings. The molecule has 0 spiro atoms. The Bertz CT molecular complexity index is 433. The molecule has 1 aliphatic rings. The van der Waals surface area contributed by atoms with Crippen LogP contribution in [-0.2, 0) is 14.2 Å². The van der Waals surface area contributed by atoms with Gasteiger partial charge in [-0.3, -0.25) is 0 Å². The third kappa shape index (κ3) is 24.9. The number of rotatable bonds is 30. The summed E-state index contributed by atoms with van der Waals surface area (Å²) in [6.45, 7) is 6.87. The van der Waals surface area contributed by atoms with E-state index in [1.165, 1.54) is 173 Å². The Balaban J connectivity index is 1.75. The van der Waals surface area contributed by atoms with Gasteiger partial charge in [0.15, 0.2) is 6.29 Å². The molecule has 0 bridgehead atoms. The molecule has 0 unspecified atom stereocenters. The van der Waals surface area contributed by atoms with E-state index in [2.05, 4.69) is 13.8 Å². The van der Waals surface area contributed by atoms with Crippen LogP contribution in [-0.4, -0.2) is 32.2 Å². The van der Waals surface area contributed by atoms with Crippen LogP contribution >= 0.6 is 0 Å². The van der Waals surface area contributed by atoms with Crippen molar-refractivity contribution < 1.29 is 14.2 Å². The smallest absolute Gasteiger partial charge is 0.157 e. The van der Waals surface area contributed by atoms with Crippen LogP contribution in [0.15, 0.2) is 0 Å². The fourth-order valence-corrected chi connectivity index (χ4v) is 5.66. The molecular formula is C35H70O3. The predicted molar refractivity (Wildman–Crippen MR) is 166 cm³/mol. The molecule has 1 fully saturated rings. The Morgan fingerprint density at radius 1 is 0.421 bits per heavy atom. The van der Waals surface area contributed by atoms with Crippen LogP contribution in [0.2, 0.25) is 0 Å². The lowest BCUT2D eigenvalue weighted by Crippen LogP contribution is -2.37. The van der Waals surface area contributed by atoms with Crippen LogP contribution in [0.1, 0.15) is 194 Å². The summed E-state index contributed by atoms with van der Waals surface area (Å²) in [6, 6.07) is 0. The normalized spacial score (nSPS) is 17.8. The third-order valence-corrected chi connectivity index (χ3v) is 8.33. The molecule has 0 aromatic heterocycles. The topological polar surface area (TPSA) is 27.7 Å². The maximum atomic E-state index is 6.01.